The Kier molecular flexibility index (Phi) is 5.76. The Bertz CT molecular complexity index is 1070. The van der Waals surface area contributed by atoms with E-state index >= 15 is 0 Å². The van der Waals surface area contributed by atoms with E-state index in [-0.39, 0.29) is 16.5 Å². The van der Waals surface area contributed by atoms with E-state index in [2.05, 4.69) is 4.99 Å². The lowest BCUT2D eigenvalue weighted by atomic mass is 10.1. The molecule has 0 atom stereocenters. The van der Waals surface area contributed by atoms with E-state index in [1.807, 2.05) is 31.2 Å². The molecule has 1 heterocycles. The average Bonchev–Trinajstić information content (AvgIpc) is 3.03. The van der Waals surface area contributed by atoms with E-state index in [1.165, 1.54) is 16.4 Å². The maximum Gasteiger partial charge on any atom is 0.363 e. The first-order valence-corrected chi connectivity index (χ1v) is 10.5. The molecule has 2 aromatic rings. The zero-order chi connectivity index (χ0) is 20.3. The maximum atomic E-state index is 12.7. The predicted octanol–water partition coefficient (Wildman–Crippen LogP) is 3.37. The van der Waals surface area contributed by atoms with Crippen LogP contribution in [0.15, 0.2) is 64.1 Å². The first-order chi connectivity index (χ1) is 13.3. The molecule has 0 radical (unpaired) electrons. The molecular formula is C21H22N2O4S. The fourth-order valence-electron chi connectivity index (χ4n) is 2.95. The maximum absolute atomic E-state index is 12.7. The minimum atomic E-state index is -3.61. The smallest absolute Gasteiger partial charge is 0.363 e. The molecule has 0 N–H and O–H groups in total. The van der Waals surface area contributed by atoms with E-state index in [4.69, 9.17) is 4.74 Å². The quantitative estimate of drug-likeness (QED) is 0.552. The molecule has 0 bridgehead atoms. The monoisotopic (exact) mass is 398 g/mol. The Morgan fingerprint density at radius 2 is 1.79 bits per heavy atom. The molecule has 0 aliphatic carbocycles. The van der Waals surface area contributed by atoms with Crippen LogP contribution in [-0.2, 0) is 19.6 Å². The molecule has 0 aromatic heterocycles. The van der Waals surface area contributed by atoms with Crippen molar-refractivity contribution in [1.29, 1.82) is 0 Å². The largest absolute Gasteiger partial charge is 0.402 e. The summed E-state index contributed by atoms with van der Waals surface area (Å²) in [6.45, 7) is 6.29. The number of sulfonamides is 1. The van der Waals surface area contributed by atoms with Crippen molar-refractivity contribution in [3.8, 4) is 0 Å². The van der Waals surface area contributed by atoms with Crippen LogP contribution >= 0.6 is 0 Å². The molecule has 0 fully saturated rings. The number of aryl methyl sites for hydroxylation is 1. The third kappa shape index (κ3) is 4.05. The van der Waals surface area contributed by atoms with Gasteiger partial charge < -0.3 is 4.74 Å². The standard InChI is InChI=1S/C21H22N2O4S/c1-4-23(5-2)28(25,26)18-11-7-10-17(14-18)20-22-19(21(24)27-20)13-16-9-6-8-15(3)12-16/h6-14H,4-5H2,1-3H3. The Hall–Kier alpha value is -2.77. The van der Waals surface area contributed by atoms with Crippen LogP contribution in [0.1, 0.15) is 30.5 Å². The van der Waals surface area contributed by atoms with Crippen LogP contribution < -0.4 is 0 Å². The Morgan fingerprint density at radius 3 is 2.46 bits per heavy atom. The third-order valence-electron chi connectivity index (χ3n) is 4.39. The fraction of sp³-hybridized carbons (Fsp3) is 0.238. The number of carbonyl (C=O) groups is 1. The highest BCUT2D eigenvalue weighted by molar-refractivity contribution is 7.89. The van der Waals surface area contributed by atoms with Gasteiger partial charge in [-0.15, -0.1) is 0 Å². The van der Waals surface area contributed by atoms with Gasteiger partial charge in [0.25, 0.3) is 0 Å². The first kappa shape index (κ1) is 20.0. The number of cyclic esters (lactones) is 1. The molecule has 0 spiro atoms. The summed E-state index contributed by atoms with van der Waals surface area (Å²) >= 11 is 0. The van der Waals surface area contributed by atoms with E-state index in [0.29, 0.717) is 18.7 Å². The minimum absolute atomic E-state index is 0.0977. The SMILES string of the molecule is CCN(CC)S(=O)(=O)c1cccc(C2=NC(=Cc3cccc(C)c3)C(=O)O2)c1. The molecule has 146 valence electrons. The number of benzene rings is 2. The van der Waals surface area contributed by atoms with Crippen LogP contribution in [0.3, 0.4) is 0 Å². The first-order valence-electron chi connectivity index (χ1n) is 9.05. The summed E-state index contributed by atoms with van der Waals surface area (Å²) in [6.07, 6.45) is 1.65. The Morgan fingerprint density at radius 1 is 1.07 bits per heavy atom. The van der Waals surface area contributed by atoms with Crippen molar-refractivity contribution in [3.05, 3.63) is 70.9 Å². The summed E-state index contributed by atoms with van der Waals surface area (Å²) in [5.41, 5.74) is 2.53. The molecule has 7 heteroatoms. The normalized spacial score (nSPS) is 15.8. The fourth-order valence-corrected chi connectivity index (χ4v) is 4.46. The van der Waals surface area contributed by atoms with Crippen molar-refractivity contribution in [2.24, 2.45) is 4.99 Å². The molecule has 0 saturated carbocycles. The molecule has 0 amide bonds. The number of carbonyl (C=O) groups excluding carboxylic acids is 1. The molecule has 28 heavy (non-hydrogen) atoms. The molecule has 3 rings (SSSR count). The lowest BCUT2D eigenvalue weighted by Crippen LogP contribution is -2.30. The second kappa shape index (κ2) is 8.08. The van der Waals surface area contributed by atoms with Crippen molar-refractivity contribution >= 4 is 28.0 Å². The van der Waals surface area contributed by atoms with Crippen molar-refractivity contribution < 1.29 is 17.9 Å². The van der Waals surface area contributed by atoms with Gasteiger partial charge in [-0.3, -0.25) is 0 Å². The van der Waals surface area contributed by atoms with Crippen molar-refractivity contribution in [2.75, 3.05) is 13.1 Å². The van der Waals surface area contributed by atoms with Gasteiger partial charge in [0.15, 0.2) is 5.70 Å². The zero-order valence-corrected chi connectivity index (χ0v) is 16.9. The Balaban J connectivity index is 1.95. The number of rotatable bonds is 6. The second-order valence-electron chi connectivity index (χ2n) is 6.37. The van der Waals surface area contributed by atoms with Crippen molar-refractivity contribution in [3.63, 3.8) is 0 Å². The zero-order valence-electron chi connectivity index (χ0n) is 16.0. The molecule has 6 nitrogen and oxygen atoms in total. The van der Waals surface area contributed by atoms with Gasteiger partial charge in [0.2, 0.25) is 15.9 Å². The highest BCUT2D eigenvalue weighted by Crippen LogP contribution is 2.22. The van der Waals surface area contributed by atoms with Crippen molar-refractivity contribution in [1.82, 2.24) is 4.31 Å². The summed E-state index contributed by atoms with van der Waals surface area (Å²) in [5.74, 6) is -0.464. The molecular weight excluding hydrogens is 376 g/mol. The van der Waals surface area contributed by atoms with Gasteiger partial charge in [-0.2, -0.15) is 4.31 Å². The minimum Gasteiger partial charge on any atom is -0.402 e. The van der Waals surface area contributed by atoms with Gasteiger partial charge in [-0.05, 0) is 36.8 Å². The lowest BCUT2D eigenvalue weighted by Gasteiger charge is -2.18. The molecule has 2 aromatic carbocycles. The topological polar surface area (TPSA) is 76.0 Å². The predicted molar refractivity (Wildman–Crippen MR) is 108 cm³/mol. The van der Waals surface area contributed by atoms with Crippen LogP contribution in [-0.4, -0.2) is 37.7 Å². The number of aliphatic imine (C=N–C) groups is 1. The van der Waals surface area contributed by atoms with E-state index in [1.54, 1.807) is 32.1 Å². The number of esters is 1. The number of nitrogens with zero attached hydrogens (tertiary/aromatic N) is 2. The Labute approximate surface area is 165 Å². The summed E-state index contributed by atoms with van der Waals surface area (Å²) in [4.78, 5) is 16.6. The van der Waals surface area contributed by atoms with Gasteiger partial charge >= 0.3 is 5.97 Å². The highest BCUT2D eigenvalue weighted by Gasteiger charge is 2.27. The van der Waals surface area contributed by atoms with E-state index in [9.17, 15) is 13.2 Å². The van der Waals surface area contributed by atoms with Gasteiger partial charge in [0.05, 0.1) is 4.90 Å². The van der Waals surface area contributed by atoms with Crippen LogP contribution in [0, 0.1) is 6.92 Å². The van der Waals surface area contributed by atoms with Gasteiger partial charge in [0, 0.05) is 18.7 Å². The van der Waals surface area contributed by atoms with Gasteiger partial charge in [-0.25, -0.2) is 18.2 Å². The van der Waals surface area contributed by atoms with Gasteiger partial charge in [-0.1, -0.05) is 49.7 Å². The summed E-state index contributed by atoms with van der Waals surface area (Å²) in [7, 11) is -3.61. The number of ether oxygens (including phenoxy) is 1. The summed E-state index contributed by atoms with van der Waals surface area (Å²) < 4.78 is 32.1. The van der Waals surface area contributed by atoms with Crippen LogP contribution in [0.25, 0.3) is 6.08 Å². The van der Waals surface area contributed by atoms with Crippen LogP contribution in [0.4, 0.5) is 0 Å². The summed E-state index contributed by atoms with van der Waals surface area (Å²) in [6, 6.07) is 14.0. The third-order valence-corrected chi connectivity index (χ3v) is 6.44. The molecule has 1 aliphatic rings. The van der Waals surface area contributed by atoms with Gasteiger partial charge in [0.1, 0.15) is 0 Å². The number of hydrogen-bond donors (Lipinski definition) is 0. The van der Waals surface area contributed by atoms with E-state index < -0.39 is 16.0 Å². The molecule has 0 saturated heterocycles. The molecule has 0 unspecified atom stereocenters. The lowest BCUT2D eigenvalue weighted by molar-refractivity contribution is -0.129. The van der Waals surface area contributed by atoms with E-state index in [0.717, 1.165) is 11.1 Å². The average molecular weight is 398 g/mol. The van der Waals surface area contributed by atoms with Crippen molar-refractivity contribution in [2.45, 2.75) is 25.7 Å². The summed E-state index contributed by atoms with van der Waals surface area (Å²) in [5, 5.41) is 0. The molecule has 1 aliphatic heterocycles. The second-order valence-corrected chi connectivity index (χ2v) is 8.31. The van der Waals surface area contributed by atoms with Crippen LogP contribution in [0.2, 0.25) is 0 Å². The highest BCUT2D eigenvalue weighted by atomic mass is 32.2. The number of hydrogen-bond acceptors (Lipinski definition) is 5. The van der Waals surface area contributed by atoms with Crippen LogP contribution in [0.5, 0.6) is 0 Å².